The van der Waals surface area contributed by atoms with Gasteiger partial charge in [0, 0.05) is 36.8 Å². The molecule has 1 aromatic carbocycles. The highest BCUT2D eigenvalue weighted by Gasteiger charge is 2.44. The van der Waals surface area contributed by atoms with E-state index in [-0.39, 0.29) is 23.6 Å². The summed E-state index contributed by atoms with van der Waals surface area (Å²) >= 11 is 0. The van der Waals surface area contributed by atoms with Crippen molar-refractivity contribution in [1.29, 1.82) is 0 Å². The molecular weight excluding hydrogens is 294 g/mol. The van der Waals surface area contributed by atoms with Crippen LogP contribution in [0.25, 0.3) is 0 Å². The molecule has 0 saturated carbocycles. The summed E-state index contributed by atoms with van der Waals surface area (Å²) in [5.74, 6) is 0.0290. The molecule has 2 aliphatic rings. The second kappa shape index (κ2) is 6.28. The summed E-state index contributed by atoms with van der Waals surface area (Å²) in [6.07, 6.45) is 4.22. The molecule has 0 bridgehead atoms. The molecule has 1 spiro atoms. The minimum Gasteiger partial charge on any atom is -0.337 e. The van der Waals surface area contributed by atoms with Crippen LogP contribution >= 0.6 is 0 Å². The predicted molar refractivity (Wildman–Crippen MR) is 87.2 cm³/mol. The van der Waals surface area contributed by atoms with E-state index >= 15 is 0 Å². The molecule has 23 heavy (non-hydrogen) atoms. The van der Waals surface area contributed by atoms with Gasteiger partial charge in [0.05, 0.1) is 11.3 Å². The fraction of sp³-hybridized carbons (Fsp3) is 0.588. The van der Waals surface area contributed by atoms with Crippen molar-refractivity contribution in [2.24, 2.45) is 0 Å². The number of nitro groups is 1. The topological polar surface area (TPSA) is 66.7 Å². The number of nitrogens with zero attached hydrogens (tertiary/aromatic N) is 3. The highest BCUT2D eigenvalue weighted by atomic mass is 16.6. The minimum atomic E-state index is -0.405. The fourth-order valence-corrected chi connectivity index (χ4v) is 3.98. The van der Waals surface area contributed by atoms with Crippen LogP contribution in [0, 0.1) is 10.1 Å². The Morgan fingerprint density at radius 1 is 1.22 bits per heavy atom. The Morgan fingerprint density at radius 2 is 1.91 bits per heavy atom. The maximum atomic E-state index is 12.8. The van der Waals surface area contributed by atoms with Crippen LogP contribution < -0.4 is 0 Å². The molecule has 0 aliphatic carbocycles. The van der Waals surface area contributed by atoms with Gasteiger partial charge < -0.3 is 9.80 Å². The van der Waals surface area contributed by atoms with Gasteiger partial charge in [-0.2, -0.15) is 0 Å². The third-order valence-corrected chi connectivity index (χ3v) is 5.35. The smallest absolute Gasteiger partial charge is 0.273 e. The van der Waals surface area contributed by atoms with E-state index in [1.54, 1.807) is 18.2 Å². The number of likely N-dealkylation sites (tertiary alicyclic amines) is 2. The number of piperidine rings is 1. The second-order valence-electron chi connectivity index (χ2n) is 6.74. The Hall–Kier alpha value is -1.95. The Labute approximate surface area is 136 Å². The molecule has 3 rings (SSSR count). The number of para-hydroxylation sites is 1. The minimum absolute atomic E-state index is 0.0207. The molecule has 0 aromatic heterocycles. The zero-order chi connectivity index (χ0) is 16.4. The van der Waals surface area contributed by atoms with E-state index in [4.69, 9.17) is 0 Å². The van der Waals surface area contributed by atoms with Crippen molar-refractivity contribution in [3.63, 3.8) is 0 Å². The molecule has 0 N–H and O–H groups in total. The van der Waals surface area contributed by atoms with Crippen LogP contribution in [-0.4, -0.2) is 52.9 Å². The van der Waals surface area contributed by atoms with E-state index in [2.05, 4.69) is 11.9 Å². The fourth-order valence-electron chi connectivity index (χ4n) is 3.98. The Kier molecular flexibility index (Phi) is 4.35. The molecule has 0 radical (unpaired) electrons. The van der Waals surface area contributed by atoms with E-state index in [9.17, 15) is 14.9 Å². The largest absolute Gasteiger partial charge is 0.337 e. The second-order valence-corrected chi connectivity index (χ2v) is 6.74. The van der Waals surface area contributed by atoms with Crippen LogP contribution in [0.5, 0.6) is 0 Å². The zero-order valence-corrected chi connectivity index (χ0v) is 13.5. The molecule has 2 heterocycles. The van der Waals surface area contributed by atoms with E-state index in [1.807, 2.05) is 4.90 Å². The van der Waals surface area contributed by atoms with Gasteiger partial charge in [0.15, 0.2) is 0 Å². The average Bonchev–Trinajstić information content (AvgIpc) is 2.94. The predicted octanol–water partition coefficient (Wildman–Crippen LogP) is 2.22. The maximum absolute atomic E-state index is 12.8. The van der Waals surface area contributed by atoms with Crippen molar-refractivity contribution in [2.45, 2.75) is 37.6 Å². The first-order chi connectivity index (χ1) is 11.0. The van der Waals surface area contributed by atoms with Crippen molar-refractivity contribution < 1.29 is 9.72 Å². The molecule has 6 heteroatoms. The summed E-state index contributed by atoms with van der Waals surface area (Å²) < 4.78 is 0. The lowest BCUT2D eigenvalue weighted by atomic mass is 9.85. The highest BCUT2D eigenvalue weighted by molar-refractivity contribution is 5.81. The van der Waals surface area contributed by atoms with Gasteiger partial charge in [0.2, 0.25) is 5.91 Å². The first-order valence-corrected chi connectivity index (χ1v) is 8.23. The summed E-state index contributed by atoms with van der Waals surface area (Å²) in [7, 11) is 2.11. The van der Waals surface area contributed by atoms with E-state index in [1.165, 1.54) is 6.07 Å². The lowest BCUT2D eigenvalue weighted by molar-refractivity contribution is -0.385. The summed E-state index contributed by atoms with van der Waals surface area (Å²) in [4.78, 5) is 27.9. The monoisotopic (exact) mass is 317 g/mol. The van der Waals surface area contributed by atoms with Crippen LogP contribution in [0.4, 0.5) is 5.69 Å². The SMILES string of the molecule is CN1CCC2(CCCN2C(=O)Cc2ccccc2[N+](=O)[O-])CC1. The number of carbonyl (C=O) groups is 1. The molecule has 2 aliphatic heterocycles. The van der Waals surface area contributed by atoms with Gasteiger partial charge >= 0.3 is 0 Å². The molecule has 124 valence electrons. The number of hydrogen-bond donors (Lipinski definition) is 0. The van der Waals surface area contributed by atoms with Gasteiger partial charge in [0.25, 0.3) is 5.69 Å². The molecule has 0 atom stereocenters. The van der Waals surface area contributed by atoms with E-state index in [0.717, 1.165) is 45.3 Å². The Bertz CT molecular complexity index is 609. The normalized spacial score (nSPS) is 20.8. The van der Waals surface area contributed by atoms with Gasteiger partial charge in [0.1, 0.15) is 0 Å². The Balaban J connectivity index is 1.77. The summed E-state index contributed by atoms with van der Waals surface area (Å²) in [5, 5.41) is 11.1. The third kappa shape index (κ3) is 3.08. The van der Waals surface area contributed by atoms with E-state index < -0.39 is 4.92 Å². The maximum Gasteiger partial charge on any atom is 0.273 e. The van der Waals surface area contributed by atoms with Crippen LogP contribution in [0.1, 0.15) is 31.2 Å². The van der Waals surface area contributed by atoms with E-state index in [0.29, 0.717) is 5.56 Å². The molecule has 2 fully saturated rings. The summed E-state index contributed by atoms with van der Waals surface area (Å²) in [6.45, 7) is 2.80. The van der Waals surface area contributed by atoms with Crippen LogP contribution in [-0.2, 0) is 11.2 Å². The van der Waals surface area contributed by atoms with Crippen molar-refractivity contribution in [3.8, 4) is 0 Å². The van der Waals surface area contributed by atoms with Crippen molar-refractivity contribution in [1.82, 2.24) is 9.80 Å². The number of rotatable bonds is 3. The molecule has 6 nitrogen and oxygen atoms in total. The van der Waals surface area contributed by atoms with Gasteiger partial charge in [-0.05, 0) is 32.7 Å². The quantitative estimate of drug-likeness (QED) is 0.633. The van der Waals surface area contributed by atoms with Gasteiger partial charge in [-0.3, -0.25) is 14.9 Å². The summed E-state index contributed by atoms with van der Waals surface area (Å²) in [6, 6.07) is 6.55. The molecule has 1 aromatic rings. The average molecular weight is 317 g/mol. The number of benzene rings is 1. The molecule has 2 saturated heterocycles. The first kappa shape index (κ1) is 15.9. The third-order valence-electron chi connectivity index (χ3n) is 5.35. The Morgan fingerprint density at radius 3 is 2.61 bits per heavy atom. The first-order valence-electron chi connectivity index (χ1n) is 8.23. The zero-order valence-electron chi connectivity index (χ0n) is 13.5. The molecular formula is C17H23N3O3. The number of carbonyl (C=O) groups excluding carboxylic acids is 1. The molecule has 1 amide bonds. The summed E-state index contributed by atoms with van der Waals surface area (Å²) in [5.41, 5.74) is 0.530. The number of nitro benzene ring substituents is 1. The van der Waals surface area contributed by atoms with Gasteiger partial charge in [-0.25, -0.2) is 0 Å². The van der Waals surface area contributed by atoms with Crippen LogP contribution in [0.3, 0.4) is 0 Å². The van der Waals surface area contributed by atoms with Gasteiger partial charge in [-0.1, -0.05) is 18.2 Å². The van der Waals surface area contributed by atoms with Crippen LogP contribution in [0.2, 0.25) is 0 Å². The lowest BCUT2D eigenvalue weighted by Crippen LogP contribution is -2.53. The van der Waals surface area contributed by atoms with Crippen molar-refractivity contribution in [2.75, 3.05) is 26.7 Å². The van der Waals surface area contributed by atoms with Gasteiger partial charge in [-0.15, -0.1) is 0 Å². The van der Waals surface area contributed by atoms with Crippen LogP contribution in [0.15, 0.2) is 24.3 Å². The van der Waals surface area contributed by atoms with Crippen molar-refractivity contribution in [3.05, 3.63) is 39.9 Å². The standard InChI is InChI=1S/C17H23N3O3/c1-18-11-8-17(9-12-18)7-4-10-19(17)16(21)13-14-5-2-3-6-15(14)20(22)23/h2-3,5-6H,4,7-13H2,1H3. The van der Waals surface area contributed by atoms with Crippen molar-refractivity contribution >= 4 is 11.6 Å². The number of hydrogen-bond acceptors (Lipinski definition) is 4. The lowest BCUT2D eigenvalue weighted by Gasteiger charge is -2.44. The number of amides is 1. The highest BCUT2D eigenvalue weighted by Crippen LogP contribution is 2.38. The molecule has 0 unspecified atom stereocenters.